The van der Waals surface area contributed by atoms with Gasteiger partial charge in [-0.15, -0.1) is 0 Å². The number of nitrogens with one attached hydrogen (secondary N) is 1. The van der Waals surface area contributed by atoms with Crippen molar-refractivity contribution in [1.82, 2.24) is 20.0 Å². The first-order valence-electron chi connectivity index (χ1n) is 8.98. The lowest BCUT2D eigenvalue weighted by Gasteiger charge is -2.26. The number of urea groups is 1. The van der Waals surface area contributed by atoms with E-state index in [9.17, 15) is 18.0 Å². The first kappa shape index (κ1) is 21.7. The van der Waals surface area contributed by atoms with E-state index < -0.39 is 23.8 Å². The second-order valence-corrected chi connectivity index (χ2v) is 6.37. The van der Waals surface area contributed by atoms with E-state index in [1.54, 1.807) is 10.9 Å². The number of hydrogen-bond donors (Lipinski definition) is 1. The zero-order valence-corrected chi connectivity index (χ0v) is 16.2. The summed E-state index contributed by atoms with van der Waals surface area (Å²) in [6.07, 6.45) is -0.992. The standard InChI is InChI=1S/C19H25F3N4O2/c1-4-26-13-15(11-23-26)12-25(9-10-28-3)18(27)24-14(2)16-7-5-6-8-17(16)19(20,21)22/h5-8,11,13-14H,4,9-10,12H2,1-3H3,(H,24,27)/t14-/m0/s1. The Balaban J connectivity index is 2.14. The summed E-state index contributed by atoms with van der Waals surface area (Å²) in [6, 6.07) is 3.96. The van der Waals surface area contributed by atoms with Crippen molar-refractivity contribution in [2.45, 2.75) is 39.2 Å². The average Bonchev–Trinajstić information content (AvgIpc) is 3.12. The van der Waals surface area contributed by atoms with Crippen LogP contribution in [0.25, 0.3) is 0 Å². The summed E-state index contributed by atoms with van der Waals surface area (Å²) >= 11 is 0. The molecule has 6 nitrogen and oxygen atoms in total. The van der Waals surface area contributed by atoms with Crippen LogP contribution in [0.3, 0.4) is 0 Å². The highest BCUT2D eigenvalue weighted by Gasteiger charge is 2.34. The summed E-state index contributed by atoms with van der Waals surface area (Å²) in [5.74, 6) is 0. The van der Waals surface area contributed by atoms with E-state index in [1.807, 2.05) is 13.1 Å². The van der Waals surface area contributed by atoms with Gasteiger partial charge in [0.25, 0.3) is 0 Å². The molecule has 1 heterocycles. The van der Waals surface area contributed by atoms with Crippen LogP contribution in [0.4, 0.5) is 18.0 Å². The Bertz CT molecular complexity index is 777. The molecule has 154 valence electrons. The number of hydrogen-bond acceptors (Lipinski definition) is 3. The number of nitrogens with zero attached hydrogens (tertiary/aromatic N) is 3. The predicted octanol–water partition coefficient (Wildman–Crippen LogP) is 3.84. The fourth-order valence-electron chi connectivity index (χ4n) is 2.82. The first-order valence-corrected chi connectivity index (χ1v) is 8.98. The lowest BCUT2D eigenvalue weighted by atomic mass is 10.0. The summed E-state index contributed by atoms with van der Waals surface area (Å²) in [4.78, 5) is 14.2. The van der Waals surface area contributed by atoms with Crippen LogP contribution in [-0.4, -0.2) is 41.0 Å². The van der Waals surface area contributed by atoms with Crippen LogP contribution in [0.2, 0.25) is 0 Å². The summed E-state index contributed by atoms with van der Waals surface area (Å²) < 4.78 is 46.5. The van der Waals surface area contributed by atoms with Crippen molar-refractivity contribution < 1.29 is 22.7 Å². The van der Waals surface area contributed by atoms with Crippen LogP contribution in [0, 0.1) is 0 Å². The molecule has 2 aromatic rings. The third-order valence-electron chi connectivity index (χ3n) is 4.31. The zero-order valence-electron chi connectivity index (χ0n) is 16.2. The van der Waals surface area contributed by atoms with Gasteiger partial charge in [0.05, 0.1) is 31.0 Å². The van der Waals surface area contributed by atoms with E-state index in [-0.39, 0.29) is 12.1 Å². The van der Waals surface area contributed by atoms with Crippen molar-refractivity contribution in [2.75, 3.05) is 20.3 Å². The fourth-order valence-corrected chi connectivity index (χ4v) is 2.82. The Morgan fingerprint density at radius 3 is 2.68 bits per heavy atom. The third kappa shape index (κ3) is 5.72. The van der Waals surface area contributed by atoms with Gasteiger partial charge in [0.2, 0.25) is 0 Å². The van der Waals surface area contributed by atoms with Crippen LogP contribution >= 0.6 is 0 Å². The number of carbonyl (C=O) groups excluding carboxylic acids is 1. The lowest BCUT2D eigenvalue weighted by molar-refractivity contribution is -0.138. The normalized spacial score (nSPS) is 12.6. The van der Waals surface area contributed by atoms with E-state index in [2.05, 4.69) is 10.4 Å². The van der Waals surface area contributed by atoms with Gasteiger partial charge in [-0.05, 0) is 25.5 Å². The Labute approximate surface area is 162 Å². The minimum absolute atomic E-state index is 0.0221. The highest BCUT2D eigenvalue weighted by atomic mass is 19.4. The van der Waals surface area contributed by atoms with Gasteiger partial charge in [0, 0.05) is 32.0 Å². The number of ether oxygens (including phenoxy) is 1. The first-order chi connectivity index (χ1) is 13.3. The molecule has 1 aromatic heterocycles. The van der Waals surface area contributed by atoms with Crippen LogP contribution < -0.4 is 5.32 Å². The minimum Gasteiger partial charge on any atom is -0.383 e. The van der Waals surface area contributed by atoms with Crippen molar-refractivity contribution in [3.63, 3.8) is 0 Å². The van der Waals surface area contributed by atoms with Gasteiger partial charge in [0.15, 0.2) is 0 Å². The maximum absolute atomic E-state index is 13.2. The summed E-state index contributed by atoms with van der Waals surface area (Å²) in [7, 11) is 1.52. The Morgan fingerprint density at radius 1 is 1.36 bits per heavy atom. The number of methoxy groups -OCH3 is 1. The van der Waals surface area contributed by atoms with Crippen LogP contribution in [0.15, 0.2) is 36.7 Å². The zero-order chi connectivity index (χ0) is 20.7. The predicted molar refractivity (Wildman–Crippen MR) is 98.6 cm³/mol. The molecule has 2 rings (SSSR count). The monoisotopic (exact) mass is 398 g/mol. The second kappa shape index (κ2) is 9.59. The van der Waals surface area contributed by atoms with Gasteiger partial charge < -0.3 is 15.0 Å². The van der Waals surface area contributed by atoms with Crippen molar-refractivity contribution in [1.29, 1.82) is 0 Å². The molecule has 1 aromatic carbocycles. The molecule has 0 radical (unpaired) electrons. The number of aromatic nitrogens is 2. The Morgan fingerprint density at radius 2 is 2.07 bits per heavy atom. The number of amides is 2. The van der Waals surface area contributed by atoms with E-state index in [0.717, 1.165) is 11.6 Å². The Kier molecular flexibility index (Phi) is 7.45. The number of alkyl halides is 3. The van der Waals surface area contributed by atoms with Gasteiger partial charge in [-0.1, -0.05) is 18.2 Å². The van der Waals surface area contributed by atoms with Crippen LogP contribution in [0.5, 0.6) is 0 Å². The SMILES string of the molecule is CCn1cc(CN(CCOC)C(=O)N[C@@H](C)c2ccccc2C(F)(F)F)cn1. The molecular weight excluding hydrogens is 373 g/mol. The number of carbonyl (C=O) groups is 1. The number of rotatable bonds is 8. The molecular formula is C19H25F3N4O2. The summed E-state index contributed by atoms with van der Waals surface area (Å²) in [6.45, 7) is 5.08. The summed E-state index contributed by atoms with van der Waals surface area (Å²) in [5.41, 5.74) is 0.0979. The maximum Gasteiger partial charge on any atom is 0.416 e. The van der Waals surface area contributed by atoms with E-state index in [0.29, 0.717) is 19.7 Å². The van der Waals surface area contributed by atoms with Gasteiger partial charge in [-0.25, -0.2) is 4.79 Å². The maximum atomic E-state index is 13.2. The van der Waals surface area contributed by atoms with E-state index >= 15 is 0 Å². The minimum atomic E-state index is -4.49. The van der Waals surface area contributed by atoms with Gasteiger partial charge in [0.1, 0.15) is 0 Å². The van der Waals surface area contributed by atoms with Gasteiger partial charge >= 0.3 is 12.2 Å². The van der Waals surface area contributed by atoms with Crippen LogP contribution in [0.1, 0.15) is 36.6 Å². The molecule has 0 saturated heterocycles. The number of aryl methyl sites for hydroxylation is 1. The molecule has 1 atom stereocenters. The molecule has 0 spiro atoms. The molecule has 0 saturated carbocycles. The molecule has 0 aliphatic carbocycles. The number of halogens is 3. The summed E-state index contributed by atoms with van der Waals surface area (Å²) in [5, 5.41) is 6.84. The van der Waals surface area contributed by atoms with E-state index in [4.69, 9.17) is 4.74 Å². The average molecular weight is 398 g/mol. The largest absolute Gasteiger partial charge is 0.416 e. The van der Waals surface area contributed by atoms with Crippen molar-refractivity contribution in [2.24, 2.45) is 0 Å². The quantitative estimate of drug-likeness (QED) is 0.735. The highest BCUT2D eigenvalue weighted by Crippen LogP contribution is 2.34. The van der Waals surface area contributed by atoms with Gasteiger partial charge in [-0.3, -0.25) is 4.68 Å². The number of benzene rings is 1. The molecule has 2 amide bonds. The smallest absolute Gasteiger partial charge is 0.383 e. The molecule has 28 heavy (non-hydrogen) atoms. The van der Waals surface area contributed by atoms with Gasteiger partial charge in [-0.2, -0.15) is 18.3 Å². The Hall–Kier alpha value is -2.55. The molecule has 0 aliphatic rings. The van der Waals surface area contributed by atoms with Crippen LogP contribution in [-0.2, 0) is 24.0 Å². The third-order valence-corrected chi connectivity index (χ3v) is 4.31. The molecule has 0 aliphatic heterocycles. The second-order valence-electron chi connectivity index (χ2n) is 6.37. The highest BCUT2D eigenvalue weighted by molar-refractivity contribution is 5.74. The molecule has 0 fully saturated rings. The molecule has 9 heteroatoms. The van der Waals surface area contributed by atoms with Crippen molar-refractivity contribution in [3.8, 4) is 0 Å². The lowest BCUT2D eigenvalue weighted by Crippen LogP contribution is -2.42. The van der Waals surface area contributed by atoms with Crippen molar-refractivity contribution >= 4 is 6.03 Å². The fraction of sp³-hybridized carbons (Fsp3) is 0.474. The molecule has 0 unspecified atom stereocenters. The van der Waals surface area contributed by atoms with E-state index in [1.165, 1.54) is 37.1 Å². The molecule has 1 N–H and O–H groups in total. The molecule has 0 bridgehead atoms. The topological polar surface area (TPSA) is 59.4 Å². The van der Waals surface area contributed by atoms with Crippen molar-refractivity contribution in [3.05, 3.63) is 53.3 Å².